The summed E-state index contributed by atoms with van der Waals surface area (Å²) in [5.74, 6) is 1.55. The molecule has 0 spiro atoms. The summed E-state index contributed by atoms with van der Waals surface area (Å²) >= 11 is 0. The van der Waals surface area contributed by atoms with Gasteiger partial charge in [-0.05, 0) is 56.7 Å². The van der Waals surface area contributed by atoms with E-state index in [4.69, 9.17) is 14.7 Å². The van der Waals surface area contributed by atoms with Crippen molar-refractivity contribution in [3.8, 4) is 17.6 Å². The maximum absolute atomic E-state index is 10.2. The van der Waals surface area contributed by atoms with Gasteiger partial charge in [0, 0.05) is 19.0 Å². The number of piperidine rings is 1. The second-order valence-electron chi connectivity index (χ2n) is 7.12. The first kappa shape index (κ1) is 21.5. The Morgan fingerprint density at radius 1 is 1.26 bits per heavy atom. The standard InChI is InChI=1S/C21H33N3O3/c1-4-23(5-2)15-19(25)16-27-20-7-6-18(12-21(20)26-3)14-24-10-8-17(13-22)9-11-24/h6-7,12,17,19,25H,4-5,8-11,14-16H2,1-3H3/t19-/m0/s1. The van der Waals surface area contributed by atoms with Gasteiger partial charge in [-0.1, -0.05) is 19.9 Å². The second-order valence-corrected chi connectivity index (χ2v) is 7.12. The molecule has 6 heteroatoms. The zero-order valence-electron chi connectivity index (χ0n) is 16.9. The summed E-state index contributed by atoms with van der Waals surface area (Å²) in [7, 11) is 1.64. The predicted molar refractivity (Wildman–Crippen MR) is 106 cm³/mol. The predicted octanol–water partition coefficient (Wildman–Crippen LogP) is 2.51. The van der Waals surface area contributed by atoms with Crippen LogP contribution in [0.1, 0.15) is 32.3 Å². The first-order valence-corrected chi connectivity index (χ1v) is 9.91. The molecule has 0 unspecified atom stereocenters. The van der Waals surface area contributed by atoms with Crippen LogP contribution in [-0.2, 0) is 6.54 Å². The summed E-state index contributed by atoms with van der Waals surface area (Å²) in [6.07, 6.45) is 1.36. The van der Waals surface area contributed by atoms with Crippen molar-refractivity contribution in [2.45, 2.75) is 39.3 Å². The van der Waals surface area contributed by atoms with Gasteiger partial charge in [0.05, 0.1) is 13.2 Å². The Morgan fingerprint density at radius 3 is 2.56 bits per heavy atom. The molecule has 1 fully saturated rings. The molecule has 0 radical (unpaired) electrons. The van der Waals surface area contributed by atoms with E-state index < -0.39 is 6.10 Å². The van der Waals surface area contributed by atoms with Crippen LogP contribution in [-0.4, -0.2) is 67.5 Å². The number of aliphatic hydroxyl groups excluding tert-OH is 1. The number of nitrogens with zero attached hydrogens (tertiary/aromatic N) is 3. The molecule has 6 nitrogen and oxygen atoms in total. The van der Waals surface area contributed by atoms with Gasteiger partial charge in [-0.25, -0.2) is 0 Å². The summed E-state index contributed by atoms with van der Waals surface area (Å²) in [6, 6.07) is 8.34. The molecule has 1 aromatic rings. The van der Waals surface area contributed by atoms with Crippen molar-refractivity contribution < 1.29 is 14.6 Å². The molecular weight excluding hydrogens is 342 g/mol. The molecule has 1 atom stereocenters. The van der Waals surface area contributed by atoms with Crippen LogP contribution in [0.4, 0.5) is 0 Å². The van der Waals surface area contributed by atoms with Crippen molar-refractivity contribution in [1.29, 1.82) is 5.26 Å². The average molecular weight is 376 g/mol. The third-order valence-electron chi connectivity index (χ3n) is 5.20. The third-order valence-corrected chi connectivity index (χ3v) is 5.20. The minimum absolute atomic E-state index is 0.203. The number of ether oxygens (including phenoxy) is 2. The number of benzene rings is 1. The molecule has 27 heavy (non-hydrogen) atoms. The number of hydrogen-bond donors (Lipinski definition) is 1. The van der Waals surface area contributed by atoms with Gasteiger partial charge >= 0.3 is 0 Å². The van der Waals surface area contributed by atoms with Crippen LogP contribution in [0, 0.1) is 17.2 Å². The SMILES string of the molecule is CCN(CC)C[C@H](O)COc1ccc(CN2CCC(C#N)CC2)cc1OC. The van der Waals surface area contributed by atoms with Gasteiger partial charge in [0.2, 0.25) is 0 Å². The Kier molecular flexibility index (Phi) is 8.86. The highest BCUT2D eigenvalue weighted by molar-refractivity contribution is 5.43. The van der Waals surface area contributed by atoms with Gasteiger partial charge in [-0.2, -0.15) is 5.26 Å². The van der Waals surface area contributed by atoms with E-state index in [9.17, 15) is 5.11 Å². The lowest BCUT2D eigenvalue weighted by atomic mass is 9.98. The zero-order chi connectivity index (χ0) is 19.6. The third kappa shape index (κ3) is 6.69. The Balaban J connectivity index is 1.89. The van der Waals surface area contributed by atoms with Crippen LogP contribution in [0.5, 0.6) is 11.5 Å². The molecule has 1 aliphatic heterocycles. The molecule has 1 N–H and O–H groups in total. The van der Waals surface area contributed by atoms with Gasteiger partial charge in [-0.3, -0.25) is 4.90 Å². The van der Waals surface area contributed by atoms with Gasteiger partial charge in [0.25, 0.3) is 0 Å². The normalized spacial score (nSPS) is 16.9. The van der Waals surface area contributed by atoms with E-state index in [1.165, 1.54) is 5.56 Å². The number of hydrogen-bond acceptors (Lipinski definition) is 6. The van der Waals surface area contributed by atoms with Crippen molar-refractivity contribution in [2.75, 3.05) is 46.4 Å². The molecule has 1 aliphatic rings. The lowest BCUT2D eigenvalue weighted by Gasteiger charge is -2.29. The summed E-state index contributed by atoms with van der Waals surface area (Å²) < 4.78 is 11.3. The van der Waals surface area contributed by atoms with E-state index in [2.05, 4.69) is 29.7 Å². The molecule has 0 aromatic heterocycles. The fourth-order valence-corrected chi connectivity index (χ4v) is 3.43. The lowest BCUT2D eigenvalue weighted by Crippen LogP contribution is -2.35. The molecule has 0 bridgehead atoms. The summed E-state index contributed by atoms with van der Waals surface area (Å²) in [6.45, 7) is 9.60. The Morgan fingerprint density at radius 2 is 1.96 bits per heavy atom. The number of methoxy groups -OCH3 is 1. The largest absolute Gasteiger partial charge is 0.493 e. The molecule has 2 rings (SSSR count). The van der Waals surface area contributed by atoms with Crippen molar-refractivity contribution in [3.63, 3.8) is 0 Å². The minimum atomic E-state index is -0.532. The molecule has 1 heterocycles. The highest BCUT2D eigenvalue weighted by atomic mass is 16.5. The summed E-state index contributed by atoms with van der Waals surface area (Å²) in [5, 5.41) is 19.2. The minimum Gasteiger partial charge on any atom is -0.493 e. The van der Waals surface area contributed by atoms with Gasteiger partial charge in [0.1, 0.15) is 12.7 Å². The van der Waals surface area contributed by atoms with Crippen LogP contribution < -0.4 is 9.47 Å². The van der Waals surface area contributed by atoms with Crippen LogP contribution >= 0.6 is 0 Å². The zero-order valence-corrected chi connectivity index (χ0v) is 16.9. The van der Waals surface area contributed by atoms with Gasteiger partial charge in [0.15, 0.2) is 11.5 Å². The van der Waals surface area contributed by atoms with E-state index in [1.807, 2.05) is 18.2 Å². The summed E-state index contributed by atoms with van der Waals surface area (Å²) in [5.41, 5.74) is 1.17. The van der Waals surface area contributed by atoms with Crippen molar-refractivity contribution in [2.24, 2.45) is 5.92 Å². The number of likely N-dealkylation sites (tertiary alicyclic amines) is 1. The van der Waals surface area contributed by atoms with E-state index in [1.54, 1.807) is 7.11 Å². The number of likely N-dealkylation sites (N-methyl/N-ethyl adjacent to an activating group) is 1. The smallest absolute Gasteiger partial charge is 0.161 e. The number of aliphatic hydroxyl groups is 1. The first-order valence-electron chi connectivity index (χ1n) is 9.91. The molecule has 0 saturated carbocycles. The Labute approximate surface area is 163 Å². The van der Waals surface area contributed by atoms with Crippen molar-refractivity contribution in [1.82, 2.24) is 9.80 Å². The van der Waals surface area contributed by atoms with E-state index in [-0.39, 0.29) is 12.5 Å². The second kappa shape index (κ2) is 11.1. The maximum atomic E-state index is 10.2. The fourth-order valence-electron chi connectivity index (χ4n) is 3.43. The van der Waals surface area contributed by atoms with E-state index in [0.29, 0.717) is 18.0 Å². The van der Waals surface area contributed by atoms with Crippen LogP contribution in [0.15, 0.2) is 18.2 Å². The maximum Gasteiger partial charge on any atom is 0.161 e. The van der Waals surface area contributed by atoms with Crippen LogP contribution in [0.25, 0.3) is 0 Å². The van der Waals surface area contributed by atoms with Gasteiger partial charge < -0.3 is 19.5 Å². The van der Waals surface area contributed by atoms with Crippen LogP contribution in [0.2, 0.25) is 0 Å². The molecular formula is C21H33N3O3. The molecule has 0 aliphatic carbocycles. The van der Waals surface area contributed by atoms with E-state index >= 15 is 0 Å². The topological polar surface area (TPSA) is 69.0 Å². The summed E-state index contributed by atoms with van der Waals surface area (Å²) in [4.78, 5) is 4.54. The van der Waals surface area contributed by atoms with Gasteiger partial charge in [-0.15, -0.1) is 0 Å². The number of rotatable bonds is 10. The Hall–Kier alpha value is -1.81. The van der Waals surface area contributed by atoms with Crippen LogP contribution in [0.3, 0.4) is 0 Å². The quantitative estimate of drug-likeness (QED) is 0.678. The first-order chi connectivity index (χ1) is 13.1. The van der Waals surface area contributed by atoms with Crippen molar-refractivity contribution >= 4 is 0 Å². The monoisotopic (exact) mass is 375 g/mol. The Bertz CT molecular complexity index is 605. The van der Waals surface area contributed by atoms with E-state index in [0.717, 1.165) is 45.6 Å². The lowest BCUT2D eigenvalue weighted by molar-refractivity contribution is 0.0705. The average Bonchev–Trinajstić information content (AvgIpc) is 2.71. The highest BCUT2D eigenvalue weighted by Gasteiger charge is 2.19. The number of nitriles is 1. The van der Waals surface area contributed by atoms with Crippen molar-refractivity contribution in [3.05, 3.63) is 23.8 Å². The molecule has 150 valence electrons. The highest BCUT2D eigenvalue weighted by Crippen LogP contribution is 2.29. The molecule has 0 amide bonds. The molecule has 1 aromatic carbocycles. The fraction of sp³-hybridized carbons (Fsp3) is 0.667. The molecule has 1 saturated heterocycles.